The largest absolute Gasteiger partial charge is 0.377 e. The van der Waals surface area contributed by atoms with Gasteiger partial charge < -0.3 is 10.1 Å². The van der Waals surface area contributed by atoms with E-state index < -0.39 is 0 Å². The first-order valence-corrected chi connectivity index (χ1v) is 5.80. The summed E-state index contributed by atoms with van der Waals surface area (Å²) < 4.78 is 5.35. The van der Waals surface area contributed by atoms with Gasteiger partial charge in [0.1, 0.15) is 0 Å². The summed E-state index contributed by atoms with van der Waals surface area (Å²) in [4.78, 5) is 0. The van der Waals surface area contributed by atoms with Gasteiger partial charge in [0.05, 0.1) is 5.60 Å². The average Bonchev–Trinajstić information content (AvgIpc) is 2.67. The first-order valence-electron chi connectivity index (χ1n) is 4.86. The van der Waals surface area contributed by atoms with E-state index in [1.54, 1.807) is 18.4 Å². The lowest BCUT2D eigenvalue weighted by Crippen LogP contribution is -2.37. The third kappa shape index (κ3) is 3.40. The van der Waals surface area contributed by atoms with Crippen LogP contribution >= 0.6 is 11.3 Å². The van der Waals surface area contributed by atoms with E-state index in [2.05, 4.69) is 42.9 Å². The van der Waals surface area contributed by atoms with Crippen LogP contribution < -0.4 is 5.32 Å². The van der Waals surface area contributed by atoms with E-state index >= 15 is 0 Å². The molecule has 0 fully saturated rings. The lowest BCUT2D eigenvalue weighted by molar-refractivity contribution is 0.0214. The zero-order chi connectivity index (χ0) is 10.6. The molecule has 1 aromatic rings. The molecule has 0 amide bonds. The van der Waals surface area contributed by atoms with Gasteiger partial charge in [-0.3, -0.25) is 0 Å². The van der Waals surface area contributed by atoms with Gasteiger partial charge in [-0.15, -0.1) is 0 Å². The van der Waals surface area contributed by atoms with Crippen molar-refractivity contribution in [2.45, 2.75) is 32.4 Å². The first kappa shape index (κ1) is 11.7. The van der Waals surface area contributed by atoms with Gasteiger partial charge in [-0.25, -0.2) is 0 Å². The zero-order valence-electron chi connectivity index (χ0n) is 9.33. The van der Waals surface area contributed by atoms with Crippen LogP contribution in [0, 0.1) is 0 Å². The Morgan fingerprint density at radius 3 is 2.79 bits per heavy atom. The number of nitrogens with one attached hydrogen (secondary N) is 1. The Hall–Kier alpha value is -0.380. The summed E-state index contributed by atoms with van der Waals surface area (Å²) >= 11 is 1.74. The van der Waals surface area contributed by atoms with Gasteiger partial charge in [-0.2, -0.15) is 11.3 Å². The first-order chi connectivity index (χ1) is 6.55. The minimum absolute atomic E-state index is 0.0930. The van der Waals surface area contributed by atoms with Crippen molar-refractivity contribution in [3.63, 3.8) is 0 Å². The Morgan fingerprint density at radius 2 is 2.29 bits per heavy atom. The SMILES string of the molecule is COC(C)(C)CNC(C)c1ccsc1. The van der Waals surface area contributed by atoms with Crippen molar-refractivity contribution in [2.75, 3.05) is 13.7 Å². The molecule has 0 aromatic carbocycles. The Balaban J connectivity index is 2.39. The maximum atomic E-state index is 5.35. The number of hydrogen-bond donors (Lipinski definition) is 1. The van der Waals surface area contributed by atoms with Gasteiger partial charge in [0, 0.05) is 19.7 Å². The molecule has 1 atom stereocenters. The number of methoxy groups -OCH3 is 1. The van der Waals surface area contributed by atoms with Crippen LogP contribution in [0.2, 0.25) is 0 Å². The maximum absolute atomic E-state index is 5.35. The summed E-state index contributed by atoms with van der Waals surface area (Å²) in [6.07, 6.45) is 0. The second kappa shape index (κ2) is 4.91. The molecule has 0 bridgehead atoms. The second-order valence-corrected chi connectivity index (χ2v) is 4.90. The third-order valence-corrected chi connectivity index (χ3v) is 3.13. The molecular formula is C11H19NOS. The third-order valence-electron chi connectivity index (χ3n) is 2.43. The fraction of sp³-hybridized carbons (Fsp3) is 0.636. The highest BCUT2D eigenvalue weighted by Gasteiger charge is 2.17. The van der Waals surface area contributed by atoms with Gasteiger partial charge >= 0.3 is 0 Å². The molecule has 14 heavy (non-hydrogen) atoms. The Morgan fingerprint density at radius 1 is 1.57 bits per heavy atom. The molecule has 3 heteroatoms. The average molecular weight is 213 g/mol. The van der Waals surface area contributed by atoms with E-state index in [1.807, 2.05) is 0 Å². The molecular weight excluding hydrogens is 194 g/mol. The van der Waals surface area contributed by atoms with Crippen LogP contribution in [0.25, 0.3) is 0 Å². The lowest BCUT2D eigenvalue weighted by atomic mass is 10.1. The molecule has 0 saturated heterocycles. The number of hydrogen-bond acceptors (Lipinski definition) is 3. The highest BCUT2D eigenvalue weighted by molar-refractivity contribution is 7.07. The molecule has 1 unspecified atom stereocenters. The predicted octanol–water partition coefficient (Wildman–Crippen LogP) is 2.82. The van der Waals surface area contributed by atoms with Gasteiger partial charge in [0.2, 0.25) is 0 Å². The minimum Gasteiger partial charge on any atom is -0.377 e. The topological polar surface area (TPSA) is 21.3 Å². The summed E-state index contributed by atoms with van der Waals surface area (Å²) in [7, 11) is 1.75. The Labute approximate surface area is 90.3 Å². The second-order valence-electron chi connectivity index (χ2n) is 4.12. The van der Waals surface area contributed by atoms with E-state index in [4.69, 9.17) is 4.74 Å². The fourth-order valence-corrected chi connectivity index (χ4v) is 1.86. The van der Waals surface area contributed by atoms with Crippen LogP contribution in [0.5, 0.6) is 0 Å². The van der Waals surface area contributed by atoms with E-state index in [0.29, 0.717) is 6.04 Å². The number of thiophene rings is 1. The normalized spacial score (nSPS) is 14.3. The smallest absolute Gasteiger partial charge is 0.0746 e. The van der Waals surface area contributed by atoms with Gasteiger partial charge in [0.25, 0.3) is 0 Å². The van der Waals surface area contributed by atoms with Crippen molar-refractivity contribution in [3.8, 4) is 0 Å². The summed E-state index contributed by atoms with van der Waals surface area (Å²) in [5, 5.41) is 7.74. The summed E-state index contributed by atoms with van der Waals surface area (Å²) in [6.45, 7) is 7.20. The lowest BCUT2D eigenvalue weighted by Gasteiger charge is -2.25. The van der Waals surface area contributed by atoms with Crippen LogP contribution in [-0.4, -0.2) is 19.3 Å². The number of ether oxygens (including phenoxy) is 1. The molecule has 1 aromatic heterocycles. The molecule has 1 heterocycles. The monoisotopic (exact) mass is 213 g/mol. The quantitative estimate of drug-likeness (QED) is 0.812. The molecule has 0 aliphatic heterocycles. The molecule has 1 rings (SSSR count). The zero-order valence-corrected chi connectivity index (χ0v) is 10.1. The van der Waals surface area contributed by atoms with E-state index in [1.165, 1.54) is 5.56 Å². The molecule has 80 valence electrons. The van der Waals surface area contributed by atoms with Gasteiger partial charge in [-0.05, 0) is 43.2 Å². The van der Waals surface area contributed by atoms with Gasteiger partial charge in [0.15, 0.2) is 0 Å². The summed E-state index contributed by atoms with van der Waals surface area (Å²) in [5.74, 6) is 0. The van der Waals surface area contributed by atoms with E-state index in [-0.39, 0.29) is 5.60 Å². The van der Waals surface area contributed by atoms with Crippen molar-refractivity contribution < 1.29 is 4.74 Å². The number of rotatable bonds is 5. The molecule has 0 aliphatic carbocycles. The van der Waals surface area contributed by atoms with Crippen molar-refractivity contribution in [1.29, 1.82) is 0 Å². The predicted molar refractivity (Wildman–Crippen MR) is 61.8 cm³/mol. The van der Waals surface area contributed by atoms with Crippen LogP contribution in [0.4, 0.5) is 0 Å². The Bertz CT molecular complexity index is 256. The van der Waals surface area contributed by atoms with Crippen molar-refractivity contribution in [2.24, 2.45) is 0 Å². The molecule has 0 aliphatic rings. The van der Waals surface area contributed by atoms with Crippen molar-refractivity contribution >= 4 is 11.3 Å². The molecule has 2 nitrogen and oxygen atoms in total. The van der Waals surface area contributed by atoms with Crippen LogP contribution in [0.1, 0.15) is 32.4 Å². The van der Waals surface area contributed by atoms with Crippen LogP contribution in [0.3, 0.4) is 0 Å². The van der Waals surface area contributed by atoms with Crippen LogP contribution in [0.15, 0.2) is 16.8 Å². The maximum Gasteiger partial charge on any atom is 0.0746 e. The summed E-state index contributed by atoms with van der Waals surface area (Å²) in [6, 6.07) is 2.55. The van der Waals surface area contributed by atoms with Gasteiger partial charge in [-0.1, -0.05) is 0 Å². The summed E-state index contributed by atoms with van der Waals surface area (Å²) in [5.41, 5.74) is 1.26. The fourth-order valence-electron chi connectivity index (χ4n) is 1.11. The highest BCUT2D eigenvalue weighted by atomic mass is 32.1. The van der Waals surface area contributed by atoms with Crippen LogP contribution in [-0.2, 0) is 4.74 Å². The minimum atomic E-state index is -0.0930. The molecule has 1 N–H and O–H groups in total. The Kier molecular flexibility index (Phi) is 4.11. The standard InChI is InChI=1S/C11H19NOS/c1-9(10-5-6-14-7-10)12-8-11(2,3)13-4/h5-7,9,12H,8H2,1-4H3. The van der Waals surface area contributed by atoms with E-state index in [9.17, 15) is 0 Å². The van der Waals surface area contributed by atoms with Crippen molar-refractivity contribution in [3.05, 3.63) is 22.4 Å². The highest BCUT2D eigenvalue weighted by Crippen LogP contribution is 2.16. The van der Waals surface area contributed by atoms with E-state index in [0.717, 1.165) is 6.54 Å². The molecule has 0 saturated carbocycles. The molecule has 0 spiro atoms. The molecule has 0 radical (unpaired) electrons. The van der Waals surface area contributed by atoms with Crippen molar-refractivity contribution in [1.82, 2.24) is 5.32 Å².